The van der Waals surface area contributed by atoms with E-state index in [1.165, 1.54) is 24.7 Å². The number of carboxylic acids is 1. The summed E-state index contributed by atoms with van der Waals surface area (Å²) in [6.45, 7) is 2.14. The van der Waals surface area contributed by atoms with Gasteiger partial charge in [-0.2, -0.15) is 0 Å². The van der Waals surface area contributed by atoms with Crippen molar-refractivity contribution in [3.05, 3.63) is 59.4 Å². The number of rotatable bonds is 5. The van der Waals surface area contributed by atoms with Crippen LogP contribution in [0.5, 0.6) is 0 Å². The van der Waals surface area contributed by atoms with Crippen molar-refractivity contribution < 1.29 is 14.3 Å². The predicted molar refractivity (Wildman–Crippen MR) is 70.6 cm³/mol. The van der Waals surface area contributed by atoms with Crippen LogP contribution >= 0.6 is 0 Å². The van der Waals surface area contributed by atoms with Crippen LogP contribution in [-0.2, 0) is 6.54 Å². The van der Waals surface area contributed by atoms with Crippen LogP contribution in [0.15, 0.2) is 36.8 Å². The Morgan fingerprint density at radius 3 is 3.00 bits per heavy atom. The molecule has 1 aromatic heterocycles. The average molecular weight is 275 g/mol. The first-order chi connectivity index (χ1) is 9.58. The Morgan fingerprint density at radius 2 is 2.30 bits per heavy atom. The minimum Gasteiger partial charge on any atom is -0.478 e. The number of hydrogen-bond acceptors (Lipinski definition) is 4. The molecule has 0 radical (unpaired) electrons. The molecule has 1 heterocycles. The molecule has 0 fully saturated rings. The van der Waals surface area contributed by atoms with Crippen molar-refractivity contribution in [3.8, 4) is 0 Å². The van der Waals surface area contributed by atoms with E-state index in [4.69, 9.17) is 5.11 Å². The molecule has 1 aromatic carbocycles. The Labute approximate surface area is 115 Å². The fraction of sp³-hybridized carbons (Fsp3) is 0.214. The van der Waals surface area contributed by atoms with Gasteiger partial charge in [0.1, 0.15) is 17.7 Å². The third-order valence-electron chi connectivity index (χ3n) is 2.95. The van der Waals surface area contributed by atoms with Gasteiger partial charge in [0.15, 0.2) is 0 Å². The normalized spacial score (nSPS) is 12.1. The molecule has 20 heavy (non-hydrogen) atoms. The number of benzene rings is 1. The maximum atomic E-state index is 13.1. The summed E-state index contributed by atoms with van der Waals surface area (Å²) in [5, 5.41) is 12.1. The fourth-order valence-corrected chi connectivity index (χ4v) is 1.82. The molecule has 0 saturated heterocycles. The second-order valence-corrected chi connectivity index (χ2v) is 4.35. The lowest BCUT2D eigenvalue weighted by Crippen LogP contribution is -2.21. The van der Waals surface area contributed by atoms with Gasteiger partial charge >= 0.3 is 5.97 Å². The lowest BCUT2D eigenvalue weighted by molar-refractivity contribution is 0.0694. The maximum absolute atomic E-state index is 13.1. The van der Waals surface area contributed by atoms with Crippen molar-refractivity contribution >= 4 is 5.97 Å². The Kier molecular flexibility index (Phi) is 4.37. The van der Waals surface area contributed by atoms with Crippen LogP contribution < -0.4 is 5.32 Å². The van der Waals surface area contributed by atoms with Gasteiger partial charge in [0, 0.05) is 18.8 Å². The quantitative estimate of drug-likeness (QED) is 0.874. The zero-order valence-corrected chi connectivity index (χ0v) is 10.9. The molecule has 104 valence electrons. The highest BCUT2D eigenvalue weighted by molar-refractivity contribution is 5.88. The van der Waals surface area contributed by atoms with Crippen molar-refractivity contribution in [2.24, 2.45) is 0 Å². The molecule has 0 aliphatic rings. The average Bonchev–Trinajstić information content (AvgIpc) is 2.45. The van der Waals surface area contributed by atoms with Gasteiger partial charge in [-0.25, -0.2) is 19.2 Å². The van der Waals surface area contributed by atoms with Crippen molar-refractivity contribution in [2.75, 3.05) is 0 Å². The van der Waals surface area contributed by atoms with E-state index in [0.717, 1.165) is 5.56 Å². The molecule has 0 amide bonds. The SMILES string of the molecule is C[C@H](NCc1ncncc1C(=O)O)c1cccc(F)c1. The molecule has 0 bridgehead atoms. The van der Waals surface area contributed by atoms with Gasteiger partial charge in [-0.05, 0) is 24.6 Å². The molecule has 6 heteroatoms. The van der Waals surface area contributed by atoms with Crippen molar-refractivity contribution in [3.63, 3.8) is 0 Å². The Hall–Kier alpha value is -2.34. The number of nitrogens with zero attached hydrogens (tertiary/aromatic N) is 2. The smallest absolute Gasteiger partial charge is 0.339 e. The van der Waals surface area contributed by atoms with Crippen LogP contribution in [0.4, 0.5) is 4.39 Å². The van der Waals surface area contributed by atoms with Crippen molar-refractivity contribution in [2.45, 2.75) is 19.5 Å². The summed E-state index contributed by atoms with van der Waals surface area (Å²) in [7, 11) is 0. The van der Waals surface area contributed by atoms with E-state index < -0.39 is 5.97 Å². The first kappa shape index (κ1) is 14.1. The number of halogens is 1. The largest absolute Gasteiger partial charge is 0.478 e. The Bertz CT molecular complexity index is 619. The van der Waals surface area contributed by atoms with E-state index in [1.54, 1.807) is 12.1 Å². The number of carbonyl (C=O) groups is 1. The van der Waals surface area contributed by atoms with E-state index in [9.17, 15) is 9.18 Å². The van der Waals surface area contributed by atoms with Crippen LogP contribution in [0.2, 0.25) is 0 Å². The summed E-state index contributed by atoms with van der Waals surface area (Å²) < 4.78 is 13.1. The van der Waals surface area contributed by atoms with Gasteiger partial charge in [-0.3, -0.25) is 0 Å². The van der Waals surface area contributed by atoms with Gasteiger partial charge in [-0.1, -0.05) is 12.1 Å². The Balaban J connectivity index is 2.07. The van der Waals surface area contributed by atoms with Crippen LogP contribution in [-0.4, -0.2) is 21.0 Å². The summed E-state index contributed by atoms with van der Waals surface area (Å²) in [6.07, 6.45) is 2.56. The number of nitrogens with one attached hydrogen (secondary N) is 1. The van der Waals surface area contributed by atoms with Crippen LogP contribution in [0, 0.1) is 5.82 Å². The first-order valence-electron chi connectivity index (χ1n) is 6.09. The van der Waals surface area contributed by atoms with Gasteiger partial charge in [-0.15, -0.1) is 0 Å². The highest BCUT2D eigenvalue weighted by Gasteiger charge is 2.13. The third-order valence-corrected chi connectivity index (χ3v) is 2.95. The molecule has 0 spiro atoms. The Morgan fingerprint density at radius 1 is 1.50 bits per heavy atom. The second-order valence-electron chi connectivity index (χ2n) is 4.35. The first-order valence-corrected chi connectivity index (χ1v) is 6.09. The number of hydrogen-bond donors (Lipinski definition) is 2. The zero-order chi connectivity index (χ0) is 14.5. The monoisotopic (exact) mass is 275 g/mol. The summed E-state index contributed by atoms with van der Waals surface area (Å²) >= 11 is 0. The maximum Gasteiger partial charge on any atom is 0.339 e. The highest BCUT2D eigenvalue weighted by atomic mass is 19.1. The molecule has 2 rings (SSSR count). The molecule has 0 unspecified atom stereocenters. The van der Waals surface area contributed by atoms with E-state index in [0.29, 0.717) is 5.69 Å². The number of carboxylic acid groups (broad SMARTS) is 1. The predicted octanol–water partition coefficient (Wildman–Crippen LogP) is 2.16. The lowest BCUT2D eigenvalue weighted by atomic mass is 10.1. The van der Waals surface area contributed by atoms with Crippen LogP contribution in [0.25, 0.3) is 0 Å². The highest BCUT2D eigenvalue weighted by Crippen LogP contribution is 2.14. The van der Waals surface area contributed by atoms with Gasteiger partial charge < -0.3 is 10.4 Å². The molecule has 5 nitrogen and oxygen atoms in total. The zero-order valence-electron chi connectivity index (χ0n) is 10.9. The topological polar surface area (TPSA) is 75.1 Å². The number of aromatic carboxylic acids is 1. The minimum atomic E-state index is -1.07. The van der Waals surface area contributed by atoms with E-state index in [1.807, 2.05) is 6.92 Å². The summed E-state index contributed by atoms with van der Waals surface area (Å²) in [5.74, 6) is -1.37. The molecular weight excluding hydrogens is 261 g/mol. The van der Waals surface area contributed by atoms with Crippen LogP contribution in [0.1, 0.15) is 34.6 Å². The summed E-state index contributed by atoms with van der Waals surface area (Å²) in [4.78, 5) is 18.7. The summed E-state index contributed by atoms with van der Waals surface area (Å²) in [6, 6.07) is 6.14. The van der Waals surface area contributed by atoms with Gasteiger partial charge in [0.05, 0.1) is 5.69 Å². The summed E-state index contributed by atoms with van der Waals surface area (Å²) in [5.41, 5.74) is 1.25. The van der Waals surface area contributed by atoms with Crippen LogP contribution in [0.3, 0.4) is 0 Å². The fourth-order valence-electron chi connectivity index (χ4n) is 1.82. The minimum absolute atomic E-state index is 0.0615. The van der Waals surface area contributed by atoms with Crippen molar-refractivity contribution in [1.82, 2.24) is 15.3 Å². The van der Waals surface area contributed by atoms with Gasteiger partial charge in [0.25, 0.3) is 0 Å². The van der Waals surface area contributed by atoms with E-state index in [-0.39, 0.29) is 24.0 Å². The molecule has 0 aliphatic carbocycles. The van der Waals surface area contributed by atoms with Crippen molar-refractivity contribution in [1.29, 1.82) is 0 Å². The number of aromatic nitrogens is 2. The molecule has 0 aliphatic heterocycles. The molecular formula is C14H14FN3O2. The van der Waals surface area contributed by atoms with E-state index >= 15 is 0 Å². The molecule has 0 saturated carbocycles. The molecule has 2 N–H and O–H groups in total. The standard InChI is InChI=1S/C14H14FN3O2/c1-9(10-3-2-4-11(15)5-10)17-7-13-12(14(19)20)6-16-8-18-13/h2-6,8-9,17H,7H2,1H3,(H,19,20)/t9-/m0/s1. The molecule has 2 aromatic rings. The lowest BCUT2D eigenvalue weighted by Gasteiger charge is -2.14. The van der Waals surface area contributed by atoms with Gasteiger partial charge in [0.2, 0.25) is 0 Å². The third kappa shape index (κ3) is 3.36. The second kappa shape index (κ2) is 6.21. The molecule has 1 atom stereocenters. The van der Waals surface area contributed by atoms with E-state index in [2.05, 4.69) is 15.3 Å².